The minimum atomic E-state index is -1.03. The van der Waals surface area contributed by atoms with E-state index in [0.29, 0.717) is 34.4 Å². The summed E-state index contributed by atoms with van der Waals surface area (Å²) in [5.74, 6) is -0.955. The fourth-order valence-electron chi connectivity index (χ4n) is 4.27. The maximum Gasteiger partial charge on any atom is 0.249 e. The Bertz CT molecular complexity index is 1450. The molecule has 9 heteroatoms. The van der Waals surface area contributed by atoms with Crippen molar-refractivity contribution in [1.29, 1.82) is 0 Å². The van der Waals surface area contributed by atoms with Crippen LogP contribution in [0, 0.1) is 0 Å². The van der Waals surface area contributed by atoms with Gasteiger partial charge in [0.25, 0.3) is 0 Å². The standard InChI is InChI=1S/C28H32N6O3/c1-6-28(3,4)29-27(37)26(24-16-11-17-32(24)5)34(22-14-9-7-12-20(22)19(2)35)25(36)18-33-23-15-10-8-13-21(23)30-31-33/h7-17,26H,6,18H2,1-5H3,(H,29,37). The molecule has 2 amide bonds. The maximum atomic E-state index is 14.2. The third kappa shape index (κ3) is 5.30. The van der Waals surface area contributed by atoms with Crippen molar-refractivity contribution in [1.82, 2.24) is 24.9 Å². The first-order valence-electron chi connectivity index (χ1n) is 12.3. The number of aryl methyl sites for hydroxylation is 1. The van der Waals surface area contributed by atoms with Crippen LogP contribution in [-0.2, 0) is 23.2 Å². The molecule has 0 fully saturated rings. The number of nitrogens with one attached hydrogen (secondary N) is 1. The second kappa shape index (κ2) is 10.4. The lowest BCUT2D eigenvalue weighted by molar-refractivity contribution is -0.128. The predicted molar refractivity (Wildman–Crippen MR) is 142 cm³/mol. The molecule has 0 aliphatic carbocycles. The monoisotopic (exact) mass is 500 g/mol. The molecule has 4 rings (SSSR count). The van der Waals surface area contributed by atoms with Gasteiger partial charge in [0.15, 0.2) is 11.8 Å². The zero-order valence-electron chi connectivity index (χ0n) is 21.8. The van der Waals surface area contributed by atoms with Crippen molar-refractivity contribution >= 4 is 34.3 Å². The van der Waals surface area contributed by atoms with Gasteiger partial charge in [-0.15, -0.1) is 5.10 Å². The molecule has 0 aliphatic rings. The number of aromatic nitrogens is 4. The van der Waals surface area contributed by atoms with Crippen molar-refractivity contribution in [2.45, 2.75) is 52.2 Å². The van der Waals surface area contributed by atoms with Crippen molar-refractivity contribution in [3.8, 4) is 0 Å². The average Bonchev–Trinajstić information content (AvgIpc) is 3.48. The van der Waals surface area contributed by atoms with E-state index in [1.165, 1.54) is 16.5 Å². The van der Waals surface area contributed by atoms with Gasteiger partial charge in [-0.3, -0.25) is 19.3 Å². The molecule has 0 spiro atoms. The molecule has 192 valence electrons. The van der Waals surface area contributed by atoms with Crippen molar-refractivity contribution in [3.63, 3.8) is 0 Å². The van der Waals surface area contributed by atoms with E-state index < -0.39 is 17.5 Å². The van der Waals surface area contributed by atoms with Gasteiger partial charge in [0.1, 0.15) is 12.1 Å². The molecule has 0 aliphatic heterocycles. The highest BCUT2D eigenvalue weighted by molar-refractivity contribution is 6.08. The second-order valence-corrected chi connectivity index (χ2v) is 9.75. The molecular weight excluding hydrogens is 468 g/mol. The fraction of sp³-hybridized carbons (Fsp3) is 0.321. The number of carbonyl (C=O) groups excluding carboxylic acids is 3. The molecule has 0 saturated carbocycles. The summed E-state index contributed by atoms with van der Waals surface area (Å²) in [5.41, 5.74) is 2.17. The van der Waals surface area contributed by atoms with Crippen LogP contribution < -0.4 is 10.2 Å². The molecule has 0 saturated heterocycles. The Morgan fingerprint density at radius 3 is 2.41 bits per heavy atom. The van der Waals surface area contributed by atoms with E-state index in [9.17, 15) is 14.4 Å². The van der Waals surface area contributed by atoms with Crippen molar-refractivity contribution in [2.75, 3.05) is 4.90 Å². The van der Waals surface area contributed by atoms with Gasteiger partial charge in [-0.05, 0) is 63.6 Å². The van der Waals surface area contributed by atoms with Gasteiger partial charge >= 0.3 is 0 Å². The van der Waals surface area contributed by atoms with Crippen LogP contribution in [0.5, 0.6) is 0 Å². The first-order chi connectivity index (χ1) is 17.6. The lowest BCUT2D eigenvalue weighted by atomic mass is 9.99. The smallest absolute Gasteiger partial charge is 0.249 e. The number of rotatable bonds is 9. The highest BCUT2D eigenvalue weighted by atomic mass is 16.2. The Morgan fingerprint density at radius 2 is 1.73 bits per heavy atom. The van der Waals surface area contributed by atoms with E-state index in [0.717, 1.165) is 0 Å². The fourth-order valence-corrected chi connectivity index (χ4v) is 4.27. The number of fused-ring (bicyclic) bond motifs is 1. The molecule has 2 aromatic heterocycles. The van der Waals surface area contributed by atoms with Crippen molar-refractivity contribution in [3.05, 3.63) is 78.1 Å². The van der Waals surface area contributed by atoms with Crippen LogP contribution in [0.1, 0.15) is 56.2 Å². The zero-order chi connectivity index (χ0) is 26.7. The van der Waals surface area contributed by atoms with Crippen LogP contribution in [0.15, 0.2) is 66.9 Å². The molecule has 4 aromatic rings. The molecule has 1 N–H and O–H groups in total. The number of hydrogen-bond donors (Lipinski definition) is 1. The van der Waals surface area contributed by atoms with Gasteiger partial charge in [0, 0.05) is 24.3 Å². The number of para-hydroxylation sites is 2. The summed E-state index contributed by atoms with van der Waals surface area (Å²) in [6.45, 7) is 7.14. The van der Waals surface area contributed by atoms with Crippen LogP contribution >= 0.6 is 0 Å². The van der Waals surface area contributed by atoms with Gasteiger partial charge in [-0.2, -0.15) is 0 Å². The van der Waals surface area contributed by atoms with Crippen molar-refractivity contribution < 1.29 is 14.4 Å². The number of carbonyl (C=O) groups is 3. The highest BCUT2D eigenvalue weighted by Gasteiger charge is 2.37. The summed E-state index contributed by atoms with van der Waals surface area (Å²) in [6.07, 6.45) is 2.52. The molecular formula is C28H32N6O3. The summed E-state index contributed by atoms with van der Waals surface area (Å²) < 4.78 is 3.32. The second-order valence-electron chi connectivity index (χ2n) is 9.75. The SMILES string of the molecule is CCC(C)(C)NC(=O)C(c1cccn1C)N(C(=O)Cn1nnc2ccccc21)c1ccccc1C(C)=O. The van der Waals surface area contributed by atoms with Gasteiger partial charge in [0.05, 0.1) is 16.9 Å². The lowest BCUT2D eigenvalue weighted by Gasteiger charge is -2.35. The number of hydrogen-bond acceptors (Lipinski definition) is 5. The van der Waals surface area contributed by atoms with E-state index in [4.69, 9.17) is 0 Å². The first-order valence-corrected chi connectivity index (χ1v) is 12.3. The van der Waals surface area contributed by atoms with Gasteiger partial charge in [-0.25, -0.2) is 4.68 Å². The summed E-state index contributed by atoms with van der Waals surface area (Å²) in [5, 5.41) is 11.4. The minimum absolute atomic E-state index is 0.169. The maximum absolute atomic E-state index is 14.2. The lowest BCUT2D eigenvalue weighted by Crippen LogP contribution is -2.51. The largest absolute Gasteiger partial charge is 0.352 e. The predicted octanol–water partition coefficient (Wildman–Crippen LogP) is 4.05. The Kier molecular flexibility index (Phi) is 7.24. The van der Waals surface area contributed by atoms with Gasteiger partial charge in [-0.1, -0.05) is 36.4 Å². The van der Waals surface area contributed by atoms with E-state index in [2.05, 4.69) is 15.6 Å². The zero-order valence-corrected chi connectivity index (χ0v) is 21.8. The molecule has 9 nitrogen and oxygen atoms in total. The average molecular weight is 501 g/mol. The summed E-state index contributed by atoms with van der Waals surface area (Å²) in [4.78, 5) is 42.2. The number of amides is 2. The third-order valence-corrected chi connectivity index (χ3v) is 6.63. The van der Waals surface area contributed by atoms with E-state index >= 15 is 0 Å². The van der Waals surface area contributed by atoms with E-state index in [-0.39, 0.29) is 18.2 Å². The Labute approximate surface area is 216 Å². The molecule has 37 heavy (non-hydrogen) atoms. The van der Waals surface area contributed by atoms with Crippen LogP contribution in [0.4, 0.5) is 5.69 Å². The number of Topliss-reactive ketones (excluding diaryl/α,β-unsaturated/α-hetero) is 1. The van der Waals surface area contributed by atoms with Crippen LogP contribution in [0.25, 0.3) is 11.0 Å². The molecule has 0 radical (unpaired) electrons. The minimum Gasteiger partial charge on any atom is -0.352 e. The molecule has 1 unspecified atom stereocenters. The topological polar surface area (TPSA) is 102 Å². The normalized spacial score (nSPS) is 12.4. The molecule has 2 aromatic carbocycles. The Morgan fingerprint density at radius 1 is 1.03 bits per heavy atom. The molecule has 1 atom stereocenters. The van der Waals surface area contributed by atoms with E-state index in [1.54, 1.807) is 24.3 Å². The van der Waals surface area contributed by atoms with E-state index in [1.807, 2.05) is 75.0 Å². The van der Waals surface area contributed by atoms with Crippen molar-refractivity contribution in [2.24, 2.45) is 7.05 Å². The number of benzene rings is 2. The Hall–Kier alpha value is -4.27. The number of nitrogens with zero attached hydrogens (tertiary/aromatic N) is 5. The first kappa shape index (κ1) is 25.8. The summed E-state index contributed by atoms with van der Waals surface area (Å²) in [7, 11) is 1.82. The van der Waals surface area contributed by atoms with Crippen LogP contribution in [-0.4, -0.2) is 42.7 Å². The van der Waals surface area contributed by atoms with Gasteiger partial charge in [0.2, 0.25) is 11.8 Å². The number of anilines is 1. The van der Waals surface area contributed by atoms with Crippen LogP contribution in [0.3, 0.4) is 0 Å². The highest BCUT2D eigenvalue weighted by Crippen LogP contribution is 2.32. The number of ketones is 1. The quantitative estimate of drug-likeness (QED) is 0.349. The molecule has 0 bridgehead atoms. The summed E-state index contributed by atoms with van der Waals surface area (Å²) >= 11 is 0. The Balaban J connectivity index is 1.88. The van der Waals surface area contributed by atoms with Gasteiger partial charge < -0.3 is 9.88 Å². The molecule has 2 heterocycles. The summed E-state index contributed by atoms with van der Waals surface area (Å²) in [6, 6.07) is 16.8. The van der Waals surface area contributed by atoms with Crippen LogP contribution in [0.2, 0.25) is 0 Å². The third-order valence-electron chi connectivity index (χ3n) is 6.63.